The first-order valence-electron chi connectivity index (χ1n) is 4.74. The van der Waals surface area contributed by atoms with Gasteiger partial charge in [0.05, 0.1) is 6.54 Å². The van der Waals surface area contributed by atoms with Gasteiger partial charge >= 0.3 is 0 Å². The van der Waals surface area contributed by atoms with Crippen LogP contribution in [0.25, 0.3) is 0 Å². The topological polar surface area (TPSA) is 12.4 Å². The Labute approximate surface area is 77.3 Å². The molecule has 0 aromatic carbocycles. The van der Waals surface area contributed by atoms with Gasteiger partial charge in [0, 0.05) is 4.91 Å². The van der Waals surface area contributed by atoms with Crippen LogP contribution in [-0.2, 0) is 0 Å². The van der Waals surface area contributed by atoms with Gasteiger partial charge < -0.3 is 0 Å². The van der Waals surface area contributed by atoms with Crippen molar-refractivity contribution in [3.63, 3.8) is 0 Å². The molecule has 63 valence electrons. The van der Waals surface area contributed by atoms with Crippen LogP contribution in [0, 0.1) is 11.8 Å². The summed E-state index contributed by atoms with van der Waals surface area (Å²) in [7, 11) is 0. The van der Waals surface area contributed by atoms with Gasteiger partial charge in [-0.3, -0.25) is 4.99 Å². The molecule has 2 bridgehead atoms. The SMILES string of the molecule is [C]1=NCC(=C2CC3CCC2C3)S1. The maximum Gasteiger partial charge on any atom is 0.128 e. The van der Waals surface area contributed by atoms with E-state index in [0.29, 0.717) is 0 Å². The second-order valence-electron chi connectivity index (χ2n) is 4.04. The second kappa shape index (κ2) is 2.63. The Kier molecular flexibility index (Phi) is 1.57. The fourth-order valence-corrected chi connectivity index (χ4v) is 3.54. The van der Waals surface area contributed by atoms with Crippen molar-refractivity contribution in [2.75, 3.05) is 6.54 Å². The quantitative estimate of drug-likeness (QED) is 0.555. The van der Waals surface area contributed by atoms with Crippen molar-refractivity contribution in [3.05, 3.63) is 10.5 Å². The van der Waals surface area contributed by atoms with Crippen molar-refractivity contribution in [1.29, 1.82) is 0 Å². The smallest absolute Gasteiger partial charge is 0.128 e. The van der Waals surface area contributed by atoms with Crippen LogP contribution in [0.2, 0.25) is 0 Å². The molecule has 2 heteroatoms. The van der Waals surface area contributed by atoms with Crippen LogP contribution in [-0.4, -0.2) is 12.1 Å². The van der Waals surface area contributed by atoms with Crippen LogP contribution in [0.1, 0.15) is 25.7 Å². The molecule has 0 aromatic heterocycles. The van der Waals surface area contributed by atoms with Gasteiger partial charge in [0.15, 0.2) is 0 Å². The van der Waals surface area contributed by atoms with Gasteiger partial charge in [-0.15, -0.1) is 0 Å². The number of rotatable bonds is 0. The molecular formula is C10H12NS. The Hall–Kier alpha value is -0.240. The van der Waals surface area contributed by atoms with E-state index in [2.05, 4.69) is 10.5 Å². The number of allylic oxidation sites excluding steroid dienone is 1. The van der Waals surface area contributed by atoms with Crippen LogP contribution in [0.5, 0.6) is 0 Å². The monoisotopic (exact) mass is 178 g/mol. The van der Waals surface area contributed by atoms with E-state index < -0.39 is 0 Å². The van der Waals surface area contributed by atoms with E-state index >= 15 is 0 Å². The summed E-state index contributed by atoms with van der Waals surface area (Å²) in [6.45, 7) is 0.934. The molecule has 1 aliphatic heterocycles. The van der Waals surface area contributed by atoms with E-state index in [1.165, 1.54) is 30.6 Å². The molecule has 3 rings (SSSR count). The summed E-state index contributed by atoms with van der Waals surface area (Å²) in [5.74, 6) is 1.96. The van der Waals surface area contributed by atoms with E-state index in [-0.39, 0.29) is 0 Å². The first-order valence-corrected chi connectivity index (χ1v) is 5.55. The molecule has 1 nitrogen and oxygen atoms in total. The predicted octanol–water partition coefficient (Wildman–Crippen LogP) is 2.71. The number of thioether (sulfide) groups is 1. The van der Waals surface area contributed by atoms with Gasteiger partial charge in [-0.2, -0.15) is 0 Å². The number of fused-ring (bicyclic) bond motifs is 2. The third-order valence-electron chi connectivity index (χ3n) is 3.36. The lowest BCUT2D eigenvalue weighted by atomic mass is 9.94. The number of aliphatic imine (C=N–C) groups is 1. The molecule has 0 aromatic rings. The Morgan fingerprint density at radius 2 is 2.42 bits per heavy atom. The van der Waals surface area contributed by atoms with Gasteiger partial charge in [-0.1, -0.05) is 17.3 Å². The van der Waals surface area contributed by atoms with E-state index in [9.17, 15) is 0 Å². The standard InChI is InChI=1S/C10H12NS/c1-2-8-3-7(1)4-9(8)10-5-11-6-12-10/h7-8H,1-5H2. The number of nitrogens with zero attached hydrogens (tertiary/aromatic N) is 1. The molecule has 2 saturated carbocycles. The number of hydrogen-bond acceptors (Lipinski definition) is 2. The Morgan fingerprint density at radius 3 is 3.00 bits per heavy atom. The summed E-state index contributed by atoms with van der Waals surface area (Å²) in [6, 6.07) is 0. The summed E-state index contributed by atoms with van der Waals surface area (Å²) in [5.41, 5.74) is 4.73. The highest BCUT2D eigenvalue weighted by Crippen LogP contribution is 2.50. The van der Waals surface area contributed by atoms with Crippen LogP contribution in [0.3, 0.4) is 0 Å². The lowest BCUT2D eigenvalue weighted by molar-refractivity contribution is 0.559. The molecule has 3 aliphatic rings. The largest absolute Gasteiger partial charge is 0.270 e. The van der Waals surface area contributed by atoms with Gasteiger partial charge in [0.25, 0.3) is 0 Å². The molecule has 0 amide bonds. The van der Waals surface area contributed by atoms with E-state index in [1.54, 1.807) is 17.3 Å². The highest BCUT2D eigenvalue weighted by molar-refractivity contribution is 8.15. The fourth-order valence-electron chi connectivity index (χ4n) is 2.79. The predicted molar refractivity (Wildman–Crippen MR) is 52.4 cm³/mol. The molecule has 2 atom stereocenters. The van der Waals surface area contributed by atoms with E-state index in [4.69, 9.17) is 0 Å². The maximum atomic E-state index is 4.15. The van der Waals surface area contributed by atoms with Crippen molar-refractivity contribution in [1.82, 2.24) is 0 Å². The van der Waals surface area contributed by atoms with Crippen molar-refractivity contribution >= 4 is 17.3 Å². The summed E-state index contributed by atoms with van der Waals surface area (Å²) in [4.78, 5) is 5.68. The summed E-state index contributed by atoms with van der Waals surface area (Å²) in [6.07, 6.45) is 5.78. The summed E-state index contributed by atoms with van der Waals surface area (Å²) in [5, 5.41) is 0. The minimum absolute atomic E-state index is 0.934. The molecule has 2 fully saturated rings. The molecule has 0 N–H and O–H groups in total. The molecule has 12 heavy (non-hydrogen) atoms. The van der Waals surface area contributed by atoms with Gasteiger partial charge in [0.1, 0.15) is 5.55 Å². The molecule has 1 heterocycles. The second-order valence-corrected chi connectivity index (χ2v) is 4.92. The van der Waals surface area contributed by atoms with Crippen LogP contribution in [0.4, 0.5) is 0 Å². The van der Waals surface area contributed by atoms with Crippen LogP contribution in [0.15, 0.2) is 15.5 Å². The first-order chi connectivity index (χ1) is 5.93. The maximum absolute atomic E-state index is 4.15. The lowest BCUT2D eigenvalue weighted by Gasteiger charge is -2.15. The third kappa shape index (κ3) is 0.972. The Morgan fingerprint density at radius 1 is 1.42 bits per heavy atom. The minimum atomic E-state index is 0.934. The van der Waals surface area contributed by atoms with Crippen LogP contribution < -0.4 is 0 Å². The van der Waals surface area contributed by atoms with Crippen LogP contribution >= 0.6 is 11.8 Å². The zero-order valence-corrected chi connectivity index (χ0v) is 7.86. The highest BCUT2D eigenvalue weighted by atomic mass is 32.2. The van der Waals surface area contributed by atoms with E-state index in [1.807, 2.05) is 0 Å². The average molecular weight is 178 g/mol. The lowest BCUT2D eigenvalue weighted by Crippen LogP contribution is -2.01. The van der Waals surface area contributed by atoms with Gasteiger partial charge in [-0.05, 0) is 37.5 Å². The van der Waals surface area contributed by atoms with Gasteiger partial charge in [-0.25, -0.2) is 0 Å². The fraction of sp³-hybridized carbons (Fsp3) is 0.700. The summed E-state index contributed by atoms with van der Waals surface area (Å²) < 4.78 is 0. The molecule has 0 saturated heterocycles. The molecule has 0 spiro atoms. The van der Waals surface area contributed by atoms with E-state index in [0.717, 1.165) is 18.4 Å². The molecular weight excluding hydrogens is 166 g/mol. The van der Waals surface area contributed by atoms with Gasteiger partial charge in [0.2, 0.25) is 0 Å². The molecule has 1 radical (unpaired) electrons. The van der Waals surface area contributed by atoms with Crippen molar-refractivity contribution in [2.45, 2.75) is 25.7 Å². The van der Waals surface area contributed by atoms with Crippen molar-refractivity contribution in [2.24, 2.45) is 16.8 Å². The highest BCUT2D eigenvalue weighted by Gasteiger charge is 2.37. The average Bonchev–Trinajstić information content (AvgIpc) is 2.81. The normalized spacial score (nSPS) is 44.7. The Bertz CT molecular complexity index is 257. The minimum Gasteiger partial charge on any atom is -0.270 e. The van der Waals surface area contributed by atoms with Crippen molar-refractivity contribution < 1.29 is 0 Å². The van der Waals surface area contributed by atoms with Crippen molar-refractivity contribution in [3.8, 4) is 0 Å². The number of hydrogen-bond donors (Lipinski definition) is 0. The summed E-state index contributed by atoms with van der Waals surface area (Å²) >= 11 is 1.74. The third-order valence-corrected chi connectivity index (χ3v) is 4.21. The Balaban J connectivity index is 1.89. The molecule has 2 aliphatic carbocycles. The zero-order valence-electron chi connectivity index (χ0n) is 7.05. The zero-order chi connectivity index (χ0) is 7.97. The first kappa shape index (κ1) is 7.19. The molecule has 2 unspecified atom stereocenters.